The van der Waals surface area contributed by atoms with Crippen molar-refractivity contribution in [2.45, 2.75) is 25.3 Å². The van der Waals surface area contributed by atoms with Gasteiger partial charge in [-0.25, -0.2) is 14.9 Å². The molecular weight excluding hydrogens is 314 g/mol. The van der Waals surface area contributed by atoms with Crippen LogP contribution in [0.1, 0.15) is 19.4 Å². The van der Waals surface area contributed by atoms with Gasteiger partial charge in [-0.1, -0.05) is 6.08 Å². The molecule has 3 aliphatic rings. The van der Waals surface area contributed by atoms with Crippen molar-refractivity contribution in [1.82, 2.24) is 5.06 Å². The fourth-order valence-electron chi connectivity index (χ4n) is 2.93. The van der Waals surface area contributed by atoms with Crippen LogP contribution in [-0.2, 0) is 4.84 Å². The zero-order chi connectivity index (χ0) is 17.1. The monoisotopic (exact) mass is 329 g/mol. The number of hydrogen-bond acceptors (Lipinski definition) is 7. The Kier molecular flexibility index (Phi) is 2.80. The summed E-state index contributed by atoms with van der Waals surface area (Å²) in [5.41, 5.74) is -0.728. The zero-order valence-electron chi connectivity index (χ0n) is 13.3. The Morgan fingerprint density at radius 1 is 1.33 bits per heavy atom. The van der Waals surface area contributed by atoms with Gasteiger partial charge < -0.3 is 9.47 Å². The first-order valence-electron chi connectivity index (χ1n) is 7.37. The summed E-state index contributed by atoms with van der Waals surface area (Å²) in [6.07, 6.45) is 7.33. The smallest absolute Gasteiger partial charge is 0.311 e. The van der Waals surface area contributed by atoms with Gasteiger partial charge in [0.1, 0.15) is 11.5 Å². The van der Waals surface area contributed by atoms with E-state index in [0.29, 0.717) is 17.0 Å². The van der Waals surface area contributed by atoms with Crippen LogP contribution in [0.15, 0.2) is 41.6 Å². The summed E-state index contributed by atoms with van der Waals surface area (Å²) in [7, 11) is 1.39. The highest BCUT2D eigenvalue weighted by Gasteiger charge is 2.59. The topological polar surface area (TPSA) is 89.5 Å². The molecule has 0 bridgehead atoms. The Morgan fingerprint density at radius 3 is 2.79 bits per heavy atom. The maximum absolute atomic E-state index is 11.3. The molecule has 0 aromatic heterocycles. The number of nitro groups is 1. The molecular formula is C16H15N3O5. The summed E-state index contributed by atoms with van der Waals surface area (Å²) in [6, 6.07) is 2.94. The average Bonchev–Trinajstić information content (AvgIpc) is 3.27. The van der Waals surface area contributed by atoms with Crippen LogP contribution in [0.25, 0.3) is 0 Å². The van der Waals surface area contributed by atoms with Crippen molar-refractivity contribution >= 4 is 11.4 Å². The Hall–Kier alpha value is -2.87. The maximum Gasteiger partial charge on any atom is 0.311 e. The maximum atomic E-state index is 11.3. The largest absolute Gasteiger partial charge is 0.490 e. The molecule has 24 heavy (non-hydrogen) atoms. The van der Waals surface area contributed by atoms with Crippen molar-refractivity contribution in [2.24, 2.45) is 4.99 Å². The minimum Gasteiger partial charge on any atom is -0.490 e. The van der Waals surface area contributed by atoms with Crippen LogP contribution in [0.2, 0.25) is 0 Å². The summed E-state index contributed by atoms with van der Waals surface area (Å²) in [4.78, 5) is 21.2. The molecule has 8 heteroatoms. The molecule has 1 aromatic carbocycles. The number of nitrogens with zero attached hydrogens (tertiary/aromatic N) is 3. The lowest BCUT2D eigenvalue weighted by Crippen LogP contribution is -2.39. The van der Waals surface area contributed by atoms with E-state index < -0.39 is 16.4 Å². The molecule has 0 N–H and O–H groups in total. The van der Waals surface area contributed by atoms with E-state index in [0.717, 1.165) is 0 Å². The molecule has 3 aliphatic heterocycles. The number of hydrogen-bond donors (Lipinski definition) is 0. The molecule has 1 aromatic rings. The average molecular weight is 329 g/mol. The number of fused-ring (bicyclic) bond motifs is 2. The zero-order valence-corrected chi connectivity index (χ0v) is 13.3. The van der Waals surface area contributed by atoms with Gasteiger partial charge in [0.2, 0.25) is 5.75 Å². The van der Waals surface area contributed by atoms with E-state index in [1.165, 1.54) is 19.2 Å². The van der Waals surface area contributed by atoms with Crippen molar-refractivity contribution in [2.75, 3.05) is 7.11 Å². The third-order valence-electron chi connectivity index (χ3n) is 4.00. The van der Waals surface area contributed by atoms with Gasteiger partial charge in [-0.2, -0.15) is 0 Å². The number of allylic oxidation sites excluding steroid dienone is 2. The molecule has 1 fully saturated rings. The van der Waals surface area contributed by atoms with Gasteiger partial charge in [-0.15, -0.1) is 0 Å². The van der Waals surface area contributed by atoms with Crippen LogP contribution in [0.3, 0.4) is 0 Å². The molecule has 0 spiro atoms. The highest BCUT2D eigenvalue weighted by atomic mass is 16.9. The van der Waals surface area contributed by atoms with E-state index in [9.17, 15) is 10.1 Å². The van der Waals surface area contributed by atoms with E-state index in [-0.39, 0.29) is 11.4 Å². The van der Waals surface area contributed by atoms with E-state index in [1.807, 2.05) is 32.1 Å². The van der Waals surface area contributed by atoms with E-state index >= 15 is 0 Å². The predicted molar refractivity (Wildman–Crippen MR) is 84.8 cm³/mol. The molecule has 3 heterocycles. The fraction of sp³-hybridized carbons (Fsp3) is 0.312. The summed E-state index contributed by atoms with van der Waals surface area (Å²) >= 11 is 0. The quantitative estimate of drug-likeness (QED) is 0.481. The molecule has 1 unspecified atom stereocenters. The summed E-state index contributed by atoms with van der Waals surface area (Å²) in [6.45, 7) is 3.63. The van der Waals surface area contributed by atoms with Crippen LogP contribution in [-0.4, -0.2) is 34.3 Å². The van der Waals surface area contributed by atoms with Crippen LogP contribution in [0.5, 0.6) is 11.5 Å². The van der Waals surface area contributed by atoms with Crippen molar-refractivity contribution in [3.63, 3.8) is 0 Å². The number of methoxy groups -OCH3 is 1. The Bertz CT molecular complexity index is 842. The number of benzene rings is 1. The fourth-order valence-corrected chi connectivity index (χ4v) is 2.93. The minimum atomic E-state index is -0.840. The molecule has 0 amide bonds. The summed E-state index contributed by atoms with van der Waals surface area (Å²) in [5.74, 6) is 0.612. The van der Waals surface area contributed by atoms with Crippen LogP contribution < -0.4 is 9.47 Å². The summed E-state index contributed by atoms with van der Waals surface area (Å²) in [5, 5.41) is 13.0. The van der Waals surface area contributed by atoms with Gasteiger partial charge in [0, 0.05) is 18.3 Å². The van der Waals surface area contributed by atoms with Crippen LogP contribution >= 0.6 is 0 Å². The SMILES string of the molecule is COc1cc2c(cc1[N+](=O)[O-])C(C13C=CC=CN1O3)=NC(C)(C)O2. The number of hydroxylamine groups is 2. The van der Waals surface area contributed by atoms with Gasteiger partial charge >= 0.3 is 5.69 Å². The number of nitro benzene ring substituents is 1. The third-order valence-corrected chi connectivity index (χ3v) is 4.00. The minimum absolute atomic E-state index is 0.140. The Morgan fingerprint density at radius 2 is 2.12 bits per heavy atom. The number of rotatable bonds is 3. The number of ether oxygens (including phenoxy) is 2. The molecule has 0 radical (unpaired) electrons. The molecule has 124 valence electrons. The molecule has 1 saturated heterocycles. The Labute approximate surface area is 137 Å². The molecule has 4 rings (SSSR count). The second kappa shape index (κ2) is 4.57. The standard InChI is InChI=1S/C16H15N3O5/c1-15(2)17-14(16-6-4-5-7-18(16)24-16)10-8-11(19(20)21)13(22-3)9-12(10)23-15/h4-9H,1-3H3. The number of aliphatic imine (C=N–C) groups is 1. The predicted octanol–water partition coefficient (Wildman–Crippen LogP) is 2.55. The molecule has 8 nitrogen and oxygen atoms in total. The van der Waals surface area contributed by atoms with E-state index in [2.05, 4.69) is 4.99 Å². The lowest BCUT2D eigenvalue weighted by atomic mass is 9.96. The second-order valence-corrected chi connectivity index (χ2v) is 6.10. The summed E-state index contributed by atoms with van der Waals surface area (Å²) < 4.78 is 11.0. The highest BCUT2D eigenvalue weighted by molar-refractivity contribution is 6.12. The lowest BCUT2D eigenvalue weighted by molar-refractivity contribution is -0.385. The van der Waals surface area contributed by atoms with Gasteiger partial charge in [0.15, 0.2) is 5.72 Å². The second-order valence-electron chi connectivity index (χ2n) is 6.10. The Balaban J connectivity index is 1.91. The van der Waals surface area contributed by atoms with Crippen molar-refractivity contribution in [3.8, 4) is 11.5 Å². The van der Waals surface area contributed by atoms with Crippen LogP contribution in [0, 0.1) is 10.1 Å². The van der Waals surface area contributed by atoms with Crippen molar-refractivity contribution in [1.29, 1.82) is 0 Å². The first-order chi connectivity index (χ1) is 11.4. The molecule has 1 atom stereocenters. The normalized spacial score (nSPS) is 25.3. The van der Waals surface area contributed by atoms with Gasteiger partial charge in [0.05, 0.1) is 17.6 Å². The molecule has 0 aliphatic carbocycles. The van der Waals surface area contributed by atoms with Gasteiger partial charge in [-0.05, 0) is 26.0 Å². The van der Waals surface area contributed by atoms with E-state index in [1.54, 1.807) is 11.3 Å². The first-order valence-corrected chi connectivity index (χ1v) is 7.37. The van der Waals surface area contributed by atoms with Crippen molar-refractivity contribution < 1.29 is 19.2 Å². The first kappa shape index (κ1) is 14.7. The molecule has 0 saturated carbocycles. The van der Waals surface area contributed by atoms with E-state index in [4.69, 9.17) is 14.3 Å². The van der Waals surface area contributed by atoms with Gasteiger partial charge in [-0.3, -0.25) is 10.1 Å². The van der Waals surface area contributed by atoms with Crippen molar-refractivity contribution in [3.05, 3.63) is 52.2 Å². The third kappa shape index (κ3) is 2.00. The lowest BCUT2D eigenvalue weighted by Gasteiger charge is -2.31. The van der Waals surface area contributed by atoms with Gasteiger partial charge in [0.25, 0.3) is 5.72 Å². The van der Waals surface area contributed by atoms with Crippen LogP contribution in [0.4, 0.5) is 5.69 Å². The highest BCUT2D eigenvalue weighted by Crippen LogP contribution is 2.48.